The van der Waals surface area contributed by atoms with Crippen molar-refractivity contribution < 1.29 is 14.3 Å². The minimum absolute atomic E-state index is 0.0568. The molecule has 0 fully saturated rings. The van der Waals surface area contributed by atoms with Crippen LogP contribution in [0, 0.1) is 5.82 Å². The van der Waals surface area contributed by atoms with Crippen molar-refractivity contribution >= 4 is 33.7 Å². The highest BCUT2D eigenvalue weighted by atomic mass is 79.9. The molecule has 1 aromatic carbocycles. The zero-order valence-electron chi connectivity index (χ0n) is 8.74. The third-order valence-electron chi connectivity index (χ3n) is 1.98. The van der Waals surface area contributed by atoms with Crippen LogP contribution in [0.1, 0.15) is 18.9 Å². The van der Waals surface area contributed by atoms with Gasteiger partial charge in [0.1, 0.15) is 5.82 Å². The first-order valence-corrected chi connectivity index (χ1v) is 6.60. The van der Waals surface area contributed by atoms with E-state index in [0.29, 0.717) is 10.2 Å². The SMILES string of the molecule is CC(CC(=O)O)SCc1ccc(F)c(Br)c1. The predicted octanol–water partition coefficient (Wildman–Crippen LogP) is 3.68. The zero-order chi connectivity index (χ0) is 12.1. The molecule has 1 rings (SSSR count). The van der Waals surface area contributed by atoms with Crippen molar-refractivity contribution in [2.24, 2.45) is 0 Å². The van der Waals surface area contributed by atoms with Crippen LogP contribution >= 0.6 is 27.7 Å². The Morgan fingerprint density at radius 2 is 2.31 bits per heavy atom. The first-order chi connectivity index (χ1) is 7.49. The molecular formula is C11H12BrFO2S. The zero-order valence-corrected chi connectivity index (χ0v) is 11.1. The lowest BCUT2D eigenvalue weighted by Gasteiger charge is -2.08. The van der Waals surface area contributed by atoms with Gasteiger partial charge >= 0.3 is 5.97 Å². The topological polar surface area (TPSA) is 37.3 Å². The van der Waals surface area contributed by atoms with E-state index in [1.165, 1.54) is 6.07 Å². The Balaban J connectivity index is 2.48. The van der Waals surface area contributed by atoms with E-state index in [9.17, 15) is 9.18 Å². The van der Waals surface area contributed by atoms with Gasteiger partial charge in [0.25, 0.3) is 0 Å². The Bertz CT molecular complexity index is 384. The molecule has 0 spiro atoms. The van der Waals surface area contributed by atoms with Gasteiger partial charge in [-0.15, -0.1) is 0 Å². The van der Waals surface area contributed by atoms with Crippen LogP contribution in [-0.4, -0.2) is 16.3 Å². The summed E-state index contributed by atoms with van der Waals surface area (Å²) in [6.45, 7) is 1.87. The van der Waals surface area contributed by atoms with Crippen LogP contribution in [-0.2, 0) is 10.5 Å². The number of carboxylic acids is 1. The maximum absolute atomic E-state index is 12.9. The highest BCUT2D eigenvalue weighted by Gasteiger charge is 2.08. The lowest BCUT2D eigenvalue weighted by molar-refractivity contribution is -0.136. The molecule has 1 atom stereocenters. The summed E-state index contributed by atoms with van der Waals surface area (Å²) in [7, 11) is 0. The van der Waals surface area contributed by atoms with E-state index in [4.69, 9.17) is 5.11 Å². The van der Waals surface area contributed by atoms with Crippen LogP contribution in [0.5, 0.6) is 0 Å². The average Bonchev–Trinajstić information content (AvgIpc) is 2.19. The number of benzene rings is 1. The fourth-order valence-electron chi connectivity index (χ4n) is 1.17. The van der Waals surface area contributed by atoms with Crippen molar-refractivity contribution in [3.8, 4) is 0 Å². The summed E-state index contributed by atoms with van der Waals surface area (Å²) in [5.41, 5.74) is 0.982. The van der Waals surface area contributed by atoms with Crippen LogP contribution in [0.4, 0.5) is 4.39 Å². The van der Waals surface area contributed by atoms with Gasteiger partial charge in [0.05, 0.1) is 10.9 Å². The van der Waals surface area contributed by atoms with E-state index in [0.717, 1.165) is 5.56 Å². The lowest BCUT2D eigenvalue weighted by atomic mass is 10.2. The van der Waals surface area contributed by atoms with Gasteiger partial charge in [-0.1, -0.05) is 13.0 Å². The summed E-state index contributed by atoms with van der Waals surface area (Å²) in [6.07, 6.45) is 0.146. The molecule has 1 unspecified atom stereocenters. The predicted molar refractivity (Wildman–Crippen MR) is 67.1 cm³/mol. The maximum Gasteiger partial charge on any atom is 0.304 e. The Kier molecular flexibility index (Phi) is 5.28. The van der Waals surface area contributed by atoms with Crippen molar-refractivity contribution in [3.05, 3.63) is 34.1 Å². The Hall–Kier alpha value is -0.550. The molecule has 0 bridgehead atoms. The number of rotatable bonds is 5. The number of hydrogen-bond donors (Lipinski definition) is 1. The minimum Gasteiger partial charge on any atom is -0.481 e. The molecule has 88 valence electrons. The second kappa shape index (κ2) is 6.25. The van der Waals surface area contributed by atoms with Crippen LogP contribution in [0.15, 0.2) is 22.7 Å². The van der Waals surface area contributed by atoms with E-state index in [1.807, 2.05) is 6.92 Å². The molecule has 0 radical (unpaired) electrons. The maximum atomic E-state index is 12.9. The average molecular weight is 307 g/mol. The number of aliphatic carboxylic acids is 1. The summed E-state index contributed by atoms with van der Waals surface area (Å²) < 4.78 is 13.4. The number of thioether (sulfide) groups is 1. The van der Waals surface area contributed by atoms with E-state index >= 15 is 0 Å². The molecule has 0 heterocycles. The second-order valence-electron chi connectivity index (χ2n) is 3.47. The third-order valence-corrected chi connectivity index (χ3v) is 3.82. The summed E-state index contributed by atoms with van der Waals surface area (Å²) in [5, 5.41) is 8.65. The van der Waals surface area contributed by atoms with Crippen molar-refractivity contribution in [1.29, 1.82) is 0 Å². The molecule has 0 aliphatic heterocycles. The monoisotopic (exact) mass is 306 g/mol. The van der Waals surface area contributed by atoms with Crippen molar-refractivity contribution in [1.82, 2.24) is 0 Å². The first-order valence-electron chi connectivity index (χ1n) is 4.76. The molecule has 0 aliphatic rings. The molecule has 2 nitrogen and oxygen atoms in total. The highest BCUT2D eigenvalue weighted by Crippen LogP contribution is 2.23. The Morgan fingerprint density at radius 1 is 1.62 bits per heavy atom. The molecule has 1 N–H and O–H groups in total. The smallest absolute Gasteiger partial charge is 0.304 e. The van der Waals surface area contributed by atoms with E-state index in [2.05, 4.69) is 15.9 Å². The summed E-state index contributed by atoms with van der Waals surface area (Å²) in [6, 6.07) is 4.83. The van der Waals surface area contributed by atoms with E-state index in [-0.39, 0.29) is 17.5 Å². The van der Waals surface area contributed by atoms with Gasteiger partial charge < -0.3 is 5.11 Å². The van der Waals surface area contributed by atoms with Gasteiger partial charge in [-0.3, -0.25) is 4.79 Å². The van der Waals surface area contributed by atoms with Gasteiger partial charge in [-0.25, -0.2) is 4.39 Å². The summed E-state index contributed by atoms with van der Waals surface area (Å²) in [5.74, 6) is -0.388. The Labute approximate surface area is 106 Å². The number of carboxylic acid groups (broad SMARTS) is 1. The molecule has 16 heavy (non-hydrogen) atoms. The molecule has 5 heteroatoms. The summed E-state index contributed by atoms with van der Waals surface area (Å²) >= 11 is 4.66. The van der Waals surface area contributed by atoms with Gasteiger partial charge in [-0.2, -0.15) is 11.8 Å². The standard InChI is InChI=1S/C11H12BrFO2S/c1-7(4-11(14)15)16-6-8-2-3-10(13)9(12)5-8/h2-3,5,7H,4,6H2,1H3,(H,14,15). The van der Waals surface area contributed by atoms with Gasteiger partial charge in [-0.05, 0) is 33.6 Å². The largest absolute Gasteiger partial charge is 0.481 e. The van der Waals surface area contributed by atoms with Crippen LogP contribution in [0.3, 0.4) is 0 Å². The van der Waals surface area contributed by atoms with Crippen molar-refractivity contribution in [2.75, 3.05) is 0 Å². The first kappa shape index (κ1) is 13.5. The fraction of sp³-hybridized carbons (Fsp3) is 0.364. The molecule has 1 aromatic rings. The van der Waals surface area contributed by atoms with E-state index in [1.54, 1.807) is 23.9 Å². The lowest BCUT2D eigenvalue weighted by Crippen LogP contribution is -2.05. The highest BCUT2D eigenvalue weighted by molar-refractivity contribution is 9.10. The van der Waals surface area contributed by atoms with Crippen molar-refractivity contribution in [2.45, 2.75) is 24.3 Å². The van der Waals surface area contributed by atoms with Crippen molar-refractivity contribution in [3.63, 3.8) is 0 Å². The number of halogens is 2. The normalized spacial score (nSPS) is 12.4. The van der Waals surface area contributed by atoms with Crippen LogP contribution < -0.4 is 0 Å². The second-order valence-corrected chi connectivity index (χ2v) is 5.75. The quantitative estimate of drug-likeness (QED) is 0.901. The van der Waals surface area contributed by atoms with Gasteiger partial charge in [0.15, 0.2) is 0 Å². The number of hydrogen-bond acceptors (Lipinski definition) is 2. The minimum atomic E-state index is -0.791. The van der Waals surface area contributed by atoms with Gasteiger partial charge in [0.2, 0.25) is 0 Å². The molecule has 0 amide bonds. The molecule has 0 aromatic heterocycles. The van der Waals surface area contributed by atoms with Crippen LogP contribution in [0.2, 0.25) is 0 Å². The molecule has 0 saturated carbocycles. The Morgan fingerprint density at radius 3 is 2.88 bits per heavy atom. The molecule has 0 saturated heterocycles. The van der Waals surface area contributed by atoms with Gasteiger partial charge in [0, 0.05) is 11.0 Å². The fourth-order valence-corrected chi connectivity index (χ4v) is 2.52. The van der Waals surface area contributed by atoms with E-state index < -0.39 is 5.97 Å². The number of carbonyl (C=O) groups is 1. The van der Waals surface area contributed by atoms with Crippen LogP contribution in [0.25, 0.3) is 0 Å². The molecular weight excluding hydrogens is 295 g/mol. The molecule has 0 aliphatic carbocycles. The third kappa shape index (κ3) is 4.53. The summed E-state index contributed by atoms with van der Waals surface area (Å²) in [4.78, 5) is 10.4.